The first-order chi connectivity index (χ1) is 10.5. The van der Waals surface area contributed by atoms with Crippen molar-refractivity contribution >= 4 is 5.97 Å². The Balaban J connectivity index is 2.17. The fourth-order valence-corrected chi connectivity index (χ4v) is 3.12. The summed E-state index contributed by atoms with van der Waals surface area (Å²) in [6, 6.07) is 6.02. The van der Waals surface area contributed by atoms with Crippen LogP contribution in [0.15, 0.2) is 30.4 Å². The number of benzene rings is 1. The van der Waals surface area contributed by atoms with Crippen LogP contribution in [0.3, 0.4) is 0 Å². The van der Waals surface area contributed by atoms with Crippen molar-refractivity contribution in [2.24, 2.45) is 5.92 Å². The number of esters is 1. The third-order valence-electron chi connectivity index (χ3n) is 4.55. The molecule has 0 saturated heterocycles. The minimum atomic E-state index is -0.363. The minimum Gasteiger partial charge on any atom is -0.457 e. The number of hydrogen-bond acceptors (Lipinski definition) is 3. The maximum atomic E-state index is 11.6. The molecule has 0 radical (unpaired) electrons. The summed E-state index contributed by atoms with van der Waals surface area (Å²) in [4.78, 5) is 11.6. The molecule has 3 nitrogen and oxygen atoms in total. The van der Waals surface area contributed by atoms with E-state index in [9.17, 15) is 9.90 Å². The Labute approximate surface area is 133 Å². The fraction of sp³-hybridized carbons (Fsp3) is 0.526. The summed E-state index contributed by atoms with van der Waals surface area (Å²) < 4.78 is 5.32. The Morgan fingerprint density at radius 2 is 2.00 bits per heavy atom. The van der Waals surface area contributed by atoms with Crippen molar-refractivity contribution in [2.75, 3.05) is 0 Å². The van der Waals surface area contributed by atoms with Gasteiger partial charge in [-0.3, -0.25) is 0 Å². The van der Waals surface area contributed by atoms with Crippen molar-refractivity contribution in [3.05, 3.63) is 47.0 Å². The normalized spacial score (nSPS) is 21.4. The molecule has 0 aliphatic heterocycles. The molecule has 0 heterocycles. The van der Waals surface area contributed by atoms with Crippen LogP contribution in [0.25, 0.3) is 0 Å². The molecule has 0 unspecified atom stereocenters. The van der Waals surface area contributed by atoms with Crippen LogP contribution in [0.5, 0.6) is 0 Å². The van der Waals surface area contributed by atoms with E-state index in [0.29, 0.717) is 11.5 Å². The van der Waals surface area contributed by atoms with Crippen molar-refractivity contribution in [1.82, 2.24) is 0 Å². The summed E-state index contributed by atoms with van der Waals surface area (Å²) in [6.07, 6.45) is 4.86. The number of hydrogen-bond donors (Lipinski definition) is 1. The van der Waals surface area contributed by atoms with Gasteiger partial charge in [-0.2, -0.15) is 0 Å². The van der Waals surface area contributed by atoms with Crippen molar-refractivity contribution < 1.29 is 14.6 Å². The van der Waals surface area contributed by atoms with Crippen LogP contribution >= 0.6 is 0 Å². The molecule has 0 bridgehead atoms. The van der Waals surface area contributed by atoms with E-state index in [0.717, 1.165) is 17.0 Å². The third-order valence-corrected chi connectivity index (χ3v) is 4.55. The smallest absolute Gasteiger partial charge is 0.333 e. The van der Waals surface area contributed by atoms with Gasteiger partial charge in [0, 0.05) is 5.57 Å². The number of aliphatic hydroxyl groups excluding tert-OH is 1. The average Bonchev–Trinajstić information content (AvgIpc) is 2.53. The molecule has 0 amide bonds. The molecule has 0 aromatic heterocycles. The Kier molecular flexibility index (Phi) is 5.78. The molecule has 120 valence electrons. The molecule has 22 heavy (non-hydrogen) atoms. The molecule has 0 spiro atoms. The van der Waals surface area contributed by atoms with Crippen LogP contribution in [0.2, 0.25) is 0 Å². The summed E-state index contributed by atoms with van der Waals surface area (Å²) in [5, 5.41) is 9.34. The van der Waals surface area contributed by atoms with E-state index in [1.165, 1.54) is 31.2 Å². The Bertz CT molecular complexity index is 540. The lowest BCUT2D eigenvalue weighted by Gasteiger charge is -2.28. The Morgan fingerprint density at radius 1 is 1.32 bits per heavy atom. The van der Waals surface area contributed by atoms with Gasteiger partial charge >= 0.3 is 5.97 Å². The number of carbonyl (C=O) groups excluding carboxylic acids is 1. The van der Waals surface area contributed by atoms with Crippen molar-refractivity contribution in [1.29, 1.82) is 0 Å². The molecule has 1 saturated carbocycles. The van der Waals surface area contributed by atoms with E-state index in [-0.39, 0.29) is 19.2 Å². The summed E-state index contributed by atoms with van der Waals surface area (Å²) in [6.45, 7) is 7.82. The van der Waals surface area contributed by atoms with E-state index in [1.54, 1.807) is 6.92 Å². The van der Waals surface area contributed by atoms with E-state index < -0.39 is 0 Å². The quantitative estimate of drug-likeness (QED) is 0.658. The van der Waals surface area contributed by atoms with Crippen molar-refractivity contribution in [2.45, 2.75) is 58.7 Å². The first-order valence-electron chi connectivity index (χ1n) is 8.06. The lowest BCUT2D eigenvalue weighted by atomic mass is 9.78. The molecule has 1 N–H and O–H groups in total. The van der Waals surface area contributed by atoms with Gasteiger partial charge in [0.15, 0.2) is 0 Å². The zero-order valence-electron chi connectivity index (χ0n) is 13.6. The molecule has 1 aromatic carbocycles. The maximum absolute atomic E-state index is 11.6. The second kappa shape index (κ2) is 7.59. The van der Waals surface area contributed by atoms with Gasteiger partial charge in [-0.1, -0.05) is 38.5 Å². The highest BCUT2D eigenvalue weighted by atomic mass is 16.5. The standard InChI is InChI=1S/C19H26O3/c1-13(2)19(21)22-12-17-10-15(11-20)6-9-18(17)16-7-4-14(3)5-8-16/h6,9-10,14,16,20H,1,4-5,7-8,11-12H2,2-3H3. The SMILES string of the molecule is C=C(C)C(=O)OCc1cc(CO)ccc1C1CCC(C)CC1. The highest BCUT2D eigenvalue weighted by molar-refractivity contribution is 5.86. The first kappa shape index (κ1) is 16.8. The molecule has 2 rings (SSSR count). The van der Waals surface area contributed by atoms with E-state index in [4.69, 9.17) is 4.74 Å². The van der Waals surface area contributed by atoms with Crippen LogP contribution < -0.4 is 0 Å². The van der Waals surface area contributed by atoms with Gasteiger partial charge in [-0.25, -0.2) is 4.79 Å². The zero-order chi connectivity index (χ0) is 16.1. The number of aliphatic hydroxyl groups is 1. The molecule has 0 atom stereocenters. The Morgan fingerprint density at radius 3 is 2.59 bits per heavy atom. The van der Waals surface area contributed by atoms with Crippen LogP contribution in [-0.2, 0) is 22.7 Å². The van der Waals surface area contributed by atoms with E-state index in [1.807, 2.05) is 12.1 Å². The topological polar surface area (TPSA) is 46.5 Å². The molecule has 1 fully saturated rings. The third kappa shape index (κ3) is 4.20. The first-order valence-corrected chi connectivity index (χ1v) is 8.06. The highest BCUT2D eigenvalue weighted by Gasteiger charge is 2.22. The lowest BCUT2D eigenvalue weighted by Crippen LogP contribution is -2.14. The number of rotatable bonds is 5. The van der Waals surface area contributed by atoms with Gasteiger partial charge < -0.3 is 9.84 Å². The van der Waals surface area contributed by atoms with Gasteiger partial charge in [0.05, 0.1) is 6.61 Å². The van der Waals surface area contributed by atoms with Crippen LogP contribution in [0, 0.1) is 5.92 Å². The second-order valence-electron chi connectivity index (χ2n) is 6.50. The highest BCUT2D eigenvalue weighted by Crippen LogP contribution is 2.37. The molecule has 1 aliphatic carbocycles. The second-order valence-corrected chi connectivity index (χ2v) is 6.50. The molecular weight excluding hydrogens is 276 g/mol. The molecule has 1 aromatic rings. The summed E-state index contributed by atoms with van der Waals surface area (Å²) in [7, 11) is 0. The minimum absolute atomic E-state index is 0.00339. The predicted molar refractivity (Wildman–Crippen MR) is 87.3 cm³/mol. The van der Waals surface area contributed by atoms with Gasteiger partial charge in [0.2, 0.25) is 0 Å². The Hall–Kier alpha value is -1.61. The van der Waals surface area contributed by atoms with Crippen LogP contribution in [0.1, 0.15) is 62.1 Å². The van der Waals surface area contributed by atoms with Gasteiger partial charge in [-0.05, 0) is 54.4 Å². The molecule has 3 heteroatoms. The van der Waals surface area contributed by atoms with Gasteiger partial charge in [-0.15, -0.1) is 0 Å². The van der Waals surface area contributed by atoms with Crippen molar-refractivity contribution in [3.8, 4) is 0 Å². The summed E-state index contributed by atoms with van der Waals surface area (Å²) >= 11 is 0. The summed E-state index contributed by atoms with van der Waals surface area (Å²) in [5.74, 6) is 0.970. The molecule has 1 aliphatic rings. The number of carbonyl (C=O) groups is 1. The summed E-state index contributed by atoms with van der Waals surface area (Å²) in [5.41, 5.74) is 3.54. The maximum Gasteiger partial charge on any atom is 0.333 e. The van der Waals surface area contributed by atoms with E-state index in [2.05, 4.69) is 19.6 Å². The molecular formula is C19H26O3. The number of ether oxygens (including phenoxy) is 1. The largest absolute Gasteiger partial charge is 0.457 e. The fourth-order valence-electron chi connectivity index (χ4n) is 3.12. The van der Waals surface area contributed by atoms with Crippen LogP contribution in [-0.4, -0.2) is 11.1 Å². The average molecular weight is 302 g/mol. The lowest BCUT2D eigenvalue weighted by molar-refractivity contribution is -0.140. The van der Waals surface area contributed by atoms with Crippen molar-refractivity contribution in [3.63, 3.8) is 0 Å². The van der Waals surface area contributed by atoms with Crippen LogP contribution in [0.4, 0.5) is 0 Å². The zero-order valence-corrected chi connectivity index (χ0v) is 13.6. The van der Waals surface area contributed by atoms with Gasteiger partial charge in [0.1, 0.15) is 6.61 Å². The predicted octanol–water partition coefficient (Wildman–Crippen LogP) is 4.09. The monoisotopic (exact) mass is 302 g/mol. The van der Waals surface area contributed by atoms with Gasteiger partial charge in [0.25, 0.3) is 0 Å². The van der Waals surface area contributed by atoms with E-state index >= 15 is 0 Å².